The standard InChI is InChI=1S/C28H33Cl2F3N4O6S/c1-3-44(42,43)24-7-6-20(29)11-19(24)14-35-26(39)18-12-22(28(31,32)33)21(23(30)13-18)16-37-9-4-5-17(15-37)25(38)34-8-10-36(2)27(40)41/h6-7,11-13,17H,3-5,8-10,14-16H2,1-2H3,(H,34,38)(H,35,39)(H,40,41)/t17-/m0/s1. The number of alkyl halides is 3. The Hall–Kier alpha value is -3.07. The predicted molar refractivity (Wildman–Crippen MR) is 158 cm³/mol. The lowest BCUT2D eigenvalue weighted by atomic mass is 9.95. The van der Waals surface area contributed by atoms with E-state index in [0.717, 1.165) is 11.0 Å². The number of likely N-dealkylation sites (tertiary alicyclic amines) is 1. The number of rotatable bonds is 11. The molecule has 2 aromatic carbocycles. The lowest BCUT2D eigenvalue weighted by Gasteiger charge is -2.33. The highest BCUT2D eigenvalue weighted by Crippen LogP contribution is 2.37. The Morgan fingerprint density at radius 2 is 1.84 bits per heavy atom. The number of likely N-dealkylation sites (N-methyl/N-ethyl adjacent to an activating group) is 1. The summed E-state index contributed by atoms with van der Waals surface area (Å²) in [5, 5.41) is 14.0. The van der Waals surface area contributed by atoms with Gasteiger partial charge in [0.15, 0.2) is 9.84 Å². The van der Waals surface area contributed by atoms with E-state index in [-0.39, 0.29) is 76.0 Å². The van der Waals surface area contributed by atoms with Crippen LogP contribution in [0.5, 0.6) is 0 Å². The van der Waals surface area contributed by atoms with E-state index in [1.54, 1.807) is 4.90 Å². The van der Waals surface area contributed by atoms with Gasteiger partial charge in [-0.3, -0.25) is 14.5 Å². The summed E-state index contributed by atoms with van der Waals surface area (Å²) in [6.45, 7) is 1.69. The van der Waals surface area contributed by atoms with E-state index in [4.69, 9.17) is 28.3 Å². The minimum absolute atomic E-state index is 0.0461. The van der Waals surface area contributed by atoms with Crippen molar-refractivity contribution in [2.24, 2.45) is 5.92 Å². The van der Waals surface area contributed by atoms with Gasteiger partial charge in [0.05, 0.1) is 22.1 Å². The Balaban J connectivity index is 1.76. The van der Waals surface area contributed by atoms with Gasteiger partial charge in [0.25, 0.3) is 5.91 Å². The molecule has 1 aliphatic rings. The molecule has 0 bridgehead atoms. The molecule has 0 aromatic heterocycles. The molecule has 0 saturated carbocycles. The van der Waals surface area contributed by atoms with E-state index >= 15 is 0 Å². The third kappa shape index (κ3) is 9.22. The highest BCUT2D eigenvalue weighted by atomic mass is 35.5. The van der Waals surface area contributed by atoms with Crippen molar-refractivity contribution in [3.63, 3.8) is 0 Å². The fourth-order valence-corrected chi connectivity index (χ4v) is 6.42. The number of nitrogens with one attached hydrogen (secondary N) is 2. The SMILES string of the molecule is CCS(=O)(=O)c1ccc(Cl)cc1CNC(=O)c1cc(Cl)c(CN2CCC[C@H](C(=O)NCCN(C)C(=O)O)C2)c(C(F)(F)F)c1. The Morgan fingerprint density at radius 1 is 1.14 bits per heavy atom. The normalized spacial score (nSPS) is 15.9. The minimum atomic E-state index is -4.85. The van der Waals surface area contributed by atoms with Gasteiger partial charge >= 0.3 is 12.3 Å². The van der Waals surface area contributed by atoms with E-state index < -0.39 is 39.5 Å². The zero-order valence-corrected chi connectivity index (χ0v) is 26.3. The summed E-state index contributed by atoms with van der Waals surface area (Å²) in [5.74, 6) is -1.93. The highest BCUT2D eigenvalue weighted by molar-refractivity contribution is 7.91. The number of sulfone groups is 1. The van der Waals surface area contributed by atoms with Gasteiger partial charge in [0.1, 0.15) is 0 Å². The molecule has 1 fully saturated rings. The summed E-state index contributed by atoms with van der Waals surface area (Å²) < 4.78 is 67.5. The first-order chi connectivity index (χ1) is 20.5. The Morgan fingerprint density at radius 3 is 2.48 bits per heavy atom. The molecule has 1 heterocycles. The summed E-state index contributed by atoms with van der Waals surface area (Å²) >= 11 is 12.3. The lowest BCUT2D eigenvalue weighted by molar-refractivity contribution is -0.138. The largest absolute Gasteiger partial charge is 0.465 e. The second-order valence-corrected chi connectivity index (χ2v) is 13.5. The Kier molecular flexibility index (Phi) is 11.9. The first-order valence-corrected chi connectivity index (χ1v) is 16.1. The monoisotopic (exact) mass is 680 g/mol. The molecule has 1 atom stereocenters. The van der Waals surface area contributed by atoms with Crippen LogP contribution in [-0.2, 0) is 33.9 Å². The van der Waals surface area contributed by atoms with E-state index in [0.29, 0.717) is 25.5 Å². The molecule has 0 unspecified atom stereocenters. The van der Waals surface area contributed by atoms with Crippen LogP contribution >= 0.6 is 23.2 Å². The number of hydrogen-bond acceptors (Lipinski definition) is 6. The molecule has 242 valence electrons. The van der Waals surface area contributed by atoms with Crippen LogP contribution in [0.15, 0.2) is 35.2 Å². The number of amides is 3. The first kappa shape index (κ1) is 35.4. The molecule has 44 heavy (non-hydrogen) atoms. The molecule has 3 N–H and O–H groups in total. The van der Waals surface area contributed by atoms with Gasteiger partial charge in [0.2, 0.25) is 5.91 Å². The van der Waals surface area contributed by atoms with Gasteiger partial charge in [-0.15, -0.1) is 0 Å². The number of nitrogens with zero attached hydrogens (tertiary/aromatic N) is 2. The van der Waals surface area contributed by atoms with E-state index in [2.05, 4.69) is 10.6 Å². The van der Waals surface area contributed by atoms with Crippen molar-refractivity contribution < 1.29 is 41.1 Å². The third-order valence-corrected chi connectivity index (χ3v) is 9.67. The van der Waals surface area contributed by atoms with Crippen LogP contribution in [0.1, 0.15) is 46.8 Å². The second-order valence-electron chi connectivity index (χ2n) is 10.4. The minimum Gasteiger partial charge on any atom is -0.465 e. The van der Waals surface area contributed by atoms with Crippen molar-refractivity contribution >= 4 is 50.9 Å². The molecular formula is C28H33Cl2F3N4O6S. The Bertz CT molecular complexity index is 1510. The maximum absolute atomic E-state index is 14.2. The summed E-state index contributed by atoms with van der Waals surface area (Å²) in [6, 6.07) is 5.88. The molecule has 1 saturated heterocycles. The molecule has 0 aliphatic carbocycles. The molecule has 0 spiro atoms. The third-order valence-electron chi connectivity index (χ3n) is 7.27. The molecule has 10 nitrogen and oxygen atoms in total. The number of piperidine rings is 1. The van der Waals surface area contributed by atoms with Crippen molar-refractivity contribution in [3.05, 3.63) is 62.6 Å². The number of benzene rings is 2. The molecule has 3 rings (SSSR count). The quantitative estimate of drug-likeness (QED) is 0.314. The maximum Gasteiger partial charge on any atom is 0.416 e. The average Bonchev–Trinajstić information content (AvgIpc) is 2.96. The molecular weight excluding hydrogens is 648 g/mol. The summed E-state index contributed by atoms with van der Waals surface area (Å²) in [6.07, 6.45) is -4.93. The van der Waals surface area contributed by atoms with E-state index in [1.165, 1.54) is 32.2 Å². The summed E-state index contributed by atoms with van der Waals surface area (Å²) in [5.41, 5.74) is -1.53. The lowest BCUT2D eigenvalue weighted by Crippen LogP contribution is -2.44. The van der Waals surface area contributed by atoms with E-state index in [1.807, 2.05) is 0 Å². The zero-order valence-electron chi connectivity index (χ0n) is 24.0. The van der Waals surface area contributed by atoms with Crippen LogP contribution in [-0.4, -0.2) is 80.2 Å². The maximum atomic E-state index is 14.2. The van der Waals surface area contributed by atoms with Crippen molar-refractivity contribution in [1.82, 2.24) is 20.4 Å². The second kappa shape index (κ2) is 14.8. The summed E-state index contributed by atoms with van der Waals surface area (Å²) in [7, 11) is -2.30. The van der Waals surface area contributed by atoms with Crippen LogP contribution in [0.25, 0.3) is 0 Å². The predicted octanol–water partition coefficient (Wildman–Crippen LogP) is 4.67. The smallest absolute Gasteiger partial charge is 0.416 e. The van der Waals surface area contributed by atoms with Gasteiger partial charge in [-0.25, -0.2) is 13.2 Å². The Labute approximate surface area is 263 Å². The zero-order chi connectivity index (χ0) is 32.8. The van der Waals surface area contributed by atoms with Crippen LogP contribution in [0.2, 0.25) is 10.0 Å². The molecule has 2 aromatic rings. The van der Waals surface area contributed by atoms with Crippen molar-refractivity contribution in [1.29, 1.82) is 0 Å². The summed E-state index contributed by atoms with van der Waals surface area (Å²) in [4.78, 5) is 39.1. The van der Waals surface area contributed by atoms with Gasteiger partial charge in [-0.1, -0.05) is 30.1 Å². The number of carboxylic acid groups (broad SMARTS) is 1. The number of hydrogen-bond donors (Lipinski definition) is 3. The van der Waals surface area contributed by atoms with Crippen molar-refractivity contribution in [2.75, 3.05) is 39.0 Å². The fourth-order valence-electron chi connectivity index (χ4n) is 4.83. The average molecular weight is 682 g/mol. The van der Waals surface area contributed by atoms with Crippen LogP contribution in [0, 0.1) is 5.92 Å². The fraction of sp³-hybridized carbons (Fsp3) is 0.464. The number of halogens is 5. The topological polar surface area (TPSA) is 136 Å². The number of carbonyl (C=O) groups excluding carboxylic acids is 2. The molecule has 1 aliphatic heterocycles. The van der Waals surface area contributed by atoms with Gasteiger partial charge in [-0.2, -0.15) is 13.2 Å². The molecule has 3 amide bonds. The van der Waals surface area contributed by atoms with Gasteiger partial charge in [-0.05, 0) is 60.8 Å². The van der Waals surface area contributed by atoms with Gasteiger partial charge in [0, 0.05) is 55.4 Å². The first-order valence-electron chi connectivity index (χ1n) is 13.7. The molecule has 0 radical (unpaired) electrons. The van der Waals surface area contributed by atoms with Gasteiger partial charge < -0.3 is 20.6 Å². The van der Waals surface area contributed by atoms with Crippen molar-refractivity contribution in [3.8, 4) is 0 Å². The van der Waals surface area contributed by atoms with Crippen LogP contribution in [0.4, 0.5) is 18.0 Å². The van der Waals surface area contributed by atoms with Crippen LogP contribution in [0.3, 0.4) is 0 Å². The van der Waals surface area contributed by atoms with Crippen LogP contribution < -0.4 is 10.6 Å². The molecule has 16 heteroatoms. The highest BCUT2D eigenvalue weighted by Gasteiger charge is 2.37. The van der Waals surface area contributed by atoms with E-state index in [9.17, 15) is 36.0 Å². The van der Waals surface area contributed by atoms with Crippen molar-refractivity contribution in [2.45, 2.75) is 43.9 Å². The number of carbonyl (C=O) groups is 3.